The van der Waals surface area contributed by atoms with Gasteiger partial charge in [0.05, 0.1) is 9.92 Å². The van der Waals surface area contributed by atoms with Crippen molar-refractivity contribution in [2.45, 2.75) is 9.79 Å². The summed E-state index contributed by atoms with van der Waals surface area (Å²) in [6, 6.07) is 3.49. The van der Waals surface area contributed by atoms with Gasteiger partial charge in [-0.05, 0) is 18.2 Å². The first kappa shape index (κ1) is 15.7. The number of piperazine rings is 1. The van der Waals surface area contributed by atoms with Gasteiger partial charge in [0, 0.05) is 26.2 Å². The van der Waals surface area contributed by atoms with E-state index in [1.807, 2.05) is 0 Å². The third-order valence-electron chi connectivity index (χ3n) is 2.92. The van der Waals surface area contributed by atoms with Crippen molar-refractivity contribution in [2.24, 2.45) is 5.14 Å². The van der Waals surface area contributed by atoms with Gasteiger partial charge in [-0.3, -0.25) is 0 Å². The fraction of sp³-hybridized carbons (Fsp3) is 0.400. The number of primary sulfonamides is 1. The number of nitrogens with two attached hydrogens (primary N) is 1. The fourth-order valence-electron chi connectivity index (χ4n) is 1.90. The van der Waals surface area contributed by atoms with Crippen molar-refractivity contribution in [2.75, 3.05) is 26.2 Å². The number of hydrogen-bond donors (Lipinski definition) is 2. The molecule has 0 aromatic heterocycles. The molecule has 112 valence electrons. The minimum atomic E-state index is -4.07. The number of nitrogens with zero attached hydrogens (tertiary/aromatic N) is 1. The van der Waals surface area contributed by atoms with Gasteiger partial charge in [0.1, 0.15) is 4.90 Å². The summed E-state index contributed by atoms with van der Waals surface area (Å²) in [4.78, 5) is -0.525. The Labute approximate surface area is 122 Å². The van der Waals surface area contributed by atoms with Crippen molar-refractivity contribution >= 4 is 31.6 Å². The average Bonchev–Trinajstić information content (AvgIpc) is 2.38. The largest absolute Gasteiger partial charge is 0.314 e. The number of benzene rings is 1. The van der Waals surface area contributed by atoms with Crippen LogP contribution in [0.15, 0.2) is 28.0 Å². The Balaban J connectivity index is 2.47. The van der Waals surface area contributed by atoms with E-state index in [4.69, 9.17) is 16.7 Å². The molecule has 1 aromatic rings. The van der Waals surface area contributed by atoms with Crippen molar-refractivity contribution in [3.63, 3.8) is 0 Å². The van der Waals surface area contributed by atoms with E-state index < -0.39 is 24.9 Å². The molecule has 0 atom stereocenters. The van der Waals surface area contributed by atoms with Crippen LogP contribution in [0.2, 0.25) is 5.02 Å². The highest BCUT2D eigenvalue weighted by Gasteiger charge is 2.27. The van der Waals surface area contributed by atoms with E-state index in [-0.39, 0.29) is 9.92 Å². The Morgan fingerprint density at radius 1 is 1.15 bits per heavy atom. The van der Waals surface area contributed by atoms with Gasteiger partial charge in [-0.2, -0.15) is 4.31 Å². The zero-order chi connectivity index (χ0) is 15.0. The monoisotopic (exact) mass is 339 g/mol. The van der Waals surface area contributed by atoms with Crippen LogP contribution in [0.1, 0.15) is 0 Å². The van der Waals surface area contributed by atoms with E-state index >= 15 is 0 Å². The highest BCUT2D eigenvalue weighted by Crippen LogP contribution is 2.25. The van der Waals surface area contributed by atoms with Crippen LogP contribution in [0.25, 0.3) is 0 Å². The zero-order valence-corrected chi connectivity index (χ0v) is 12.8. The molecule has 7 nitrogen and oxygen atoms in total. The standard InChI is InChI=1S/C10H14ClN3O4S2/c11-9-2-1-8(7-10(9)19(12,15)16)20(17,18)14-5-3-13-4-6-14/h1-2,7,13H,3-6H2,(H2,12,15,16). The maximum atomic E-state index is 12.4. The van der Waals surface area contributed by atoms with Gasteiger partial charge in [-0.1, -0.05) is 11.6 Å². The molecule has 0 bridgehead atoms. The second-order valence-corrected chi connectivity index (χ2v) is 8.17. The molecule has 1 heterocycles. The topological polar surface area (TPSA) is 110 Å². The Hall–Kier alpha value is -0.710. The second-order valence-electron chi connectivity index (χ2n) is 4.29. The quantitative estimate of drug-likeness (QED) is 0.777. The number of nitrogens with one attached hydrogen (secondary N) is 1. The highest BCUT2D eigenvalue weighted by molar-refractivity contribution is 7.90. The summed E-state index contributed by atoms with van der Waals surface area (Å²) in [7, 11) is -7.82. The third kappa shape index (κ3) is 3.13. The minimum Gasteiger partial charge on any atom is -0.314 e. The lowest BCUT2D eigenvalue weighted by molar-refractivity contribution is 0.360. The number of rotatable bonds is 3. The average molecular weight is 340 g/mol. The van der Waals surface area contributed by atoms with Gasteiger partial charge in [0.25, 0.3) is 0 Å². The maximum Gasteiger partial charge on any atom is 0.243 e. The predicted octanol–water partition coefficient (Wildman–Crippen LogP) is -0.419. The summed E-state index contributed by atoms with van der Waals surface area (Å²) in [6.07, 6.45) is 0. The third-order valence-corrected chi connectivity index (χ3v) is 6.21. The summed E-state index contributed by atoms with van der Waals surface area (Å²) >= 11 is 5.74. The van der Waals surface area contributed by atoms with Crippen LogP contribution in [-0.4, -0.2) is 47.3 Å². The smallest absolute Gasteiger partial charge is 0.243 e. The fourth-order valence-corrected chi connectivity index (χ4v) is 4.51. The van der Waals surface area contributed by atoms with Gasteiger partial charge < -0.3 is 5.32 Å². The molecule has 20 heavy (non-hydrogen) atoms. The molecule has 3 N–H and O–H groups in total. The molecule has 0 aliphatic carbocycles. The summed E-state index contributed by atoms with van der Waals surface area (Å²) in [5.74, 6) is 0. The number of sulfonamides is 2. The summed E-state index contributed by atoms with van der Waals surface area (Å²) in [5.41, 5.74) is 0. The lowest BCUT2D eigenvalue weighted by Crippen LogP contribution is -2.46. The Morgan fingerprint density at radius 3 is 2.30 bits per heavy atom. The van der Waals surface area contributed by atoms with Crippen LogP contribution >= 0.6 is 11.6 Å². The van der Waals surface area contributed by atoms with Crippen molar-refractivity contribution in [3.05, 3.63) is 23.2 Å². The van der Waals surface area contributed by atoms with E-state index in [2.05, 4.69) is 5.32 Å². The maximum absolute atomic E-state index is 12.4. The Morgan fingerprint density at radius 2 is 1.75 bits per heavy atom. The molecular formula is C10H14ClN3O4S2. The van der Waals surface area contributed by atoms with E-state index in [9.17, 15) is 16.8 Å². The van der Waals surface area contributed by atoms with Gasteiger partial charge in [0.15, 0.2) is 0 Å². The van der Waals surface area contributed by atoms with Crippen LogP contribution in [0, 0.1) is 0 Å². The SMILES string of the molecule is NS(=O)(=O)c1cc(S(=O)(=O)N2CCNCC2)ccc1Cl. The molecule has 0 unspecified atom stereocenters. The molecule has 1 fully saturated rings. The van der Waals surface area contributed by atoms with E-state index in [1.165, 1.54) is 16.4 Å². The zero-order valence-electron chi connectivity index (χ0n) is 10.4. The molecule has 0 radical (unpaired) electrons. The van der Waals surface area contributed by atoms with E-state index in [0.29, 0.717) is 26.2 Å². The first-order valence-electron chi connectivity index (χ1n) is 5.76. The van der Waals surface area contributed by atoms with Crippen molar-refractivity contribution < 1.29 is 16.8 Å². The molecule has 1 saturated heterocycles. The van der Waals surface area contributed by atoms with Crippen LogP contribution in [0.4, 0.5) is 0 Å². The molecular weight excluding hydrogens is 326 g/mol. The van der Waals surface area contributed by atoms with Crippen molar-refractivity contribution in [3.8, 4) is 0 Å². The summed E-state index contributed by atoms with van der Waals surface area (Å²) in [5, 5.41) is 7.95. The van der Waals surface area contributed by atoms with Gasteiger partial charge in [-0.25, -0.2) is 22.0 Å². The lowest BCUT2D eigenvalue weighted by Gasteiger charge is -2.26. The van der Waals surface area contributed by atoms with Crippen LogP contribution in [0.3, 0.4) is 0 Å². The van der Waals surface area contributed by atoms with Gasteiger partial charge >= 0.3 is 0 Å². The predicted molar refractivity (Wildman–Crippen MR) is 74.5 cm³/mol. The normalized spacial score (nSPS) is 18.1. The van der Waals surface area contributed by atoms with Crippen LogP contribution in [-0.2, 0) is 20.0 Å². The molecule has 0 spiro atoms. The Bertz CT molecular complexity index is 712. The highest BCUT2D eigenvalue weighted by atomic mass is 35.5. The summed E-state index contributed by atoms with van der Waals surface area (Å²) < 4.78 is 48.9. The van der Waals surface area contributed by atoms with E-state index in [1.54, 1.807) is 0 Å². The van der Waals surface area contributed by atoms with Crippen LogP contribution in [0.5, 0.6) is 0 Å². The molecule has 2 rings (SSSR count). The lowest BCUT2D eigenvalue weighted by atomic mass is 10.4. The first-order chi connectivity index (χ1) is 9.23. The van der Waals surface area contributed by atoms with Crippen LogP contribution < -0.4 is 10.5 Å². The van der Waals surface area contributed by atoms with Crippen molar-refractivity contribution in [1.82, 2.24) is 9.62 Å². The molecule has 1 aromatic carbocycles. The number of halogens is 1. The van der Waals surface area contributed by atoms with Gasteiger partial charge in [0.2, 0.25) is 20.0 Å². The molecule has 0 amide bonds. The molecule has 1 aliphatic rings. The molecule has 0 saturated carbocycles. The molecule has 10 heteroatoms. The minimum absolute atomic E-state index is 0.105. The number of hydrogen-bond acceptors (Lipinski definition) is 5. The first-order valence-corrected chi connectivity index (χ1v) is 9.12. The molecule has 1 aliphatic heterocycles. The van der Waals surface area contributed by atoms with Gasteiger partial charge in [-0.15, -0.1) is 0 Å². The van der Waals surface area contributed by atoms with E-state index in [0.717, 1.165) is 6.07 Å². The second kappa shape index (κ2) is 5.58. The van der Waals surface area contributed by atoms with Crippen molar-refractivity contribution in [1.29, 1.82) is 0 Å². The summed E-state index contributed by atoms with van der Waals surface area (Å²) in [6.45, 7) is 1.76. The Kier molecular flexibility index (Phi) is 4.38.